The minimum Gasteiger partial charge on any atom is -0.356 e. The molecule has 0 aliphatic heterocycles. The predicted molar refractivity (Wildman–Crippen MR) is 133 cm³/mol. The van der Waals surface area contributed by atoms with Gasteiger partial charge in [0.25, 0.3) is 0 Å². The Morgan fingerprint density at radius 1 is 1.07 bits per heavy atom. The van der Waals surface area contributed by atoms with Crippen LogP contribution in [0.5, 0.6) is 0 Å². The van der Waals surface area contributed by atoms with Gasteiger partial charge in [0.05, 0.1) is 12.2 Å². The summed E-state index contributed by atoms with van der Waals surface area (Å²) in [7, 11) is 0. The van der Waals surface area contributed by atoms with Crippen LogP contribution < -0.4 is 10.6 Å². The number of aromatic nitrogens is 4. The number of aryl methyl sites for hydroxylation is 1. The minimum absolute atomic E-state index is 0. The molecule has 3 rings (SSSR count). The van der Waals surface area contributed by atoms with Gasteiger partial charge < -0.3 is 15.2 Å². The van der Waals surface area contributed by atoms with E-state index in [0.29, 0.717) is 6.54 Å². The lowest BCUT2D eigenvalue weighted by Gasteiger charge is -2.13. The highest BCUT2D eigenvalue weighted by Gasteiger charge is 2.03. The van der Waals surface area contributed by atoms with Gasteiger partial charge in [-0.1, -0.05) is 31.2 Å². The highest BCUT2D eigenvalue weighted by atomic mass is 127. The first-order valence-electron chi connectivity index (χ1n) is 9.81. The van der Waals surface area contributed by atoms with Crippen molar-refractivity contribution in [2.75, 3.05) is 18.8 Å². The molecule has 1 aromatic carbocycles. The highest BCUT2D eigenvalue weighted by Crippen LogP contribution is 2.15. The summed E-state index contributed by atoms with van der Waals surface area (Å²) in [5, 5.41) is 14.9. The quantitative estimate of drug-likeness (QED) is 0.136. The molecule has 0 aliphatic carbocycles. The molecule has 0 saturated carbocycles. The van der Waals surface area contributed by atoms with E-state index in [0.717, 1.165) is 49.3 Å². The lowest BCUT2D eigenvalue weighted by molar-refractivity contribution is 0.632. The summed E-state index contributed by atoms with van der Waals surface area (Å²) in [6, 6.07) is 16.3. The van der Waals surface area contributed by atoms with Crippen LogP contribution in [0.15, 0.2) is 70.9 Å². The molecule has 0 saturated heterocycles. The van der Waals surface area contributed by atoms with E-state index in [4.69, 9.17) is 0 Å². The van der Waals surface area contributed by atoms with Gasteiger partial charge in [-0.3, -0.25) is 4.98 Å². The van der Waals surface area contributed by atoms with Crippen molar-refractivity contribution in [2.24, 2.45) is 4.99 Å². The van der Waals surface area contributed by atoms with Crippen LogP contribution >= 0.6 is 35.7 Å². The van der Waals surface area contributed by atoms with E-state index in [9.17, 15) is 0 Å². The Labute approximate surface area is 199 Å². The van der Waals surface area contributed by atoms with Gasteiger partial charge in [-0.05, 0) is 24.3 Å². The van der Waals surface area contributed by atoms with Gasteiger partial charge in [-0.2, -0.15) is 0 Å². The standard InChI is InChI=1S/C21H27N7S.HI/c1-2-20-27-26-17-28(20)14-12-23-21(25-16-18-8-6-7-11-22-18)24-13-15-29-19-9-4-3-5-10-19;/h3-11,17H,2,12-16H2,1H3,(H2,23,24,25);1H. The van der Waals surface area contributed by atoms with Gasteiger partial charge in [-0.25, -0.2) is 4.99 Å². The summed E-state index contributed by atoms with van der Waals surface area (Å²) in [6.07, 6.45) is 4.44. The normalized spacial score (nSPS) is 11.0. The van der Waals surface area contributed by atoms with Crippen LogP contribution in [-0.2, 0) is 19.5 Å². The van der Waals surface area contributed by atoms with Crippen LogP contribution in [0, 0.1) is 0 Å². The predicted octanol–water partition coefficient (Wildman–Crippen LogP) is 3.38. The molecule has 3 aromatic rings. The van der Waals surface area contributed by atoms with Crippen molar-refractivity contribution in [1.29, 1.82) is 0 Å². The Morgan fingerprint density at radius 2 is 1.87 bits per heavy atom. The van der Waals surface area contributed by atoms with Crippen molar-refractivity contribution in [3.63, 3.8) is 0 Å². The van der Waals surface area contributed by atoms with E-state index >= 15 is 0 Å². The van der Waals surface area contributed by atoms with Crippen molar-refractivity contribution in [1.82, 2.24) is 30.4 Å². The Bertz CT molecular complexity index is 871. The van der Waals surface area contributed by atoms with Gasteiger partial charge in [0.2, 0.25) is 0 Å². The molecule has 160 valence electrons. The smallest absolute Gasteiger partial charge is 0.191 e. The molecule has 0 spiro atoms. The third-order valence-corrected chi connectivity index (χ3v) is 5.20. The first-order chi connectivity index (χ1) is 14.3. The molecule has 2 aromatic heterocycles. The number of hydrogen-bond acceptors (Lipinski definition) is 5. The summed E-state index contributed by atoms with van der Waals surface area (Å²) in [6.45, 7) is 4.97. The summed E-state index contributed by atoms with van der Waals surface area (Å²) in [5.41, 5.74) is 0.944. The van der Waals surface area contributed by atoms with Crippen LogP contribution in [0.25, 0.3) is 0 Å². The summed E-state index contributed by atoms with van der Waals surface area (Å²) >= 11 is 1.83. The number of benzene rings is 1. The van der Waals surface area contributed by atoms with E-state index in [1.165, 1.54) is 4.90 Å². The molecule has 2 heterocycles. The third-order valence-electron chi connectivity index (χ3n) is 4.19. The SMILES string of the molecule is CCc1nncn1CCNC(=NCc1ccccn1)NCCSc1ccccc1.I. The van der Waals surface area contributed by atoms with Crippen molar-refractivity contribution in [3.05, 3.63) is 72.6 Å². The second-order valence-electron chi connectivity index (χ2n) is 6.30. The second-order valence-corrected chi connectivity index (χ2v) is 7.46. The molecular weight excluding hydrogens is 509 g/mol. The topological polar surface area (TPSA) is 80.0 Å². The van der Waals surface area contributed by atoms with Gasteiger partial charge in [-0.15, -0.1) is 45.9 Å². The van der Waals surface area contributed by atoms with E-state index in [1.54, 1.807) is 12.5 Å². The Morgan fingerprint density at radius 3 is 2.63 bits per heavy atom. The molecule has 0 aliphatic rings. The van der Waals surface area contributed by atoms with Crippen LogP contribution in [0.1, 0.15) is 18.4 Å². The zero-order chi connectivity index (χ0) is 20.2. The number of nitrogens with one attached hydrogen (secondary N) is 2. The molecule has 0 unspecified atom stereocenters. The Hall–Kier alpha value is -2.14. The van der Waals surface area contributed by atoms with E-state index < -0.39 is 0 Å². The molecule has 0 amide bonds. The maximum Gasteiger partial charge on any atom is 0.191 e. The molecule has 7 nitrogen and oxygen atoms in total. The van der Waals surface area contributed by atoms with Crippen LogP contribution in [0.3, 0.4) is 0 Å². The average Bonchev–Trinajstić information content (AvgIpc) is 3.23. The van der Waals surface area contributed by atoms with E-state index in [1.807, 2.05) is 36.0 Å². The number of pyridine rings is 1. The Kier molecular flexibility index (Phi) is 11.2. The van der Waals surface area contributed by atoms with Crippen LogP contribution in [-0.4, -0.2) is 44.6 Å². The average molecular weight is 537 g/mol. The number of thioether (sulfide) groups is 1. The van der Waals surface area contributed by atoms with Crippen molar-refractivity contribution in [2.45, 2.75) is 31.3 Å². The molecule has 2 N–H and O–H groups in total. The fraction of sp³-hybridized carbons (Fsp3) is 0.333. The van der Waals surface area contributed by atoms with Gasteiger partial charge in [0.1, 0.15) is 12.2 Å². The molecule has 0 radical (unpaired) electrons. The fourth-order valence-corrected chi connectivity index (χ4v) is 3.50. The number of aliphatic imine (C=N–C) groups is 1. The number of halogens is 1. The molecule has 9 heteroatoms. The molecule has 30 heavy (non-hydrogen) atoms. The van der Waals surface area contributed by atoms with E-state index in [-0.39, 0.29) is 24.0 Å². The first kappa shape index (κ1) is 24.1. The summed E-state index contributed by atoms with van der Waals surface area (Å²) in [5.74, 6) is 2.74. The Balaban J connectivity index is 0.00000320. The molecular formula is C21H28IN7S. The van der Waals surface area contributed by atoms with Crippen molar-refractivity contribution in [3.8, 4) is 0 Å². The first-order valence-corrected chi connectivity index (χ1v) is 10.8. The van der Waals surface area contributed by atoms with Crippen molar-refractivity contribution >= 4 is 41.7 Å². The zero-order valence-electron chi connectivity index (χ0n) is 17.1. The molecule has 0 atom stereocenters. The fourth-order valence-electron chi connectivity index (χ4n) is 2.72. The minimum atomic E-state index is 0. The van der Waals surface area contributed by atoms with Gasteiger partial charge in [0, 0.05) is 42.9 Å². The second kappa shape index (κ2) is 14.0. The van der Waals surface area contributed by atoms with Crippen LogP contribution in [0.2, 0.25) is 0 Å². The molecule has 0 fully saturated rings. The maximum absolute atomic E-state index is 4.68. The lowest BCUT2D eigenvalue weighted by atomic mass is 10.3. The number of nitrogens with zero attached hydrogens (tertiary/aromatic N) is 5. The molecule has 0 bridgehead atoms. The lowest BCUT2D eigenvalue weighted by Crippen LogP contribution is -2.40. The highest BCUT2D eigenvalue weighted by molar-refractivity contribution is 14.0. The van der Waals surface area contributed by atoms with Gasteiger partial charge in [0.15, 0.2) is 5.96 Å². The summed E-state index contributed by atoms with van der Waals surface area (Å²) < 4.78 is 2.06. The number of guanidine groups is 1. The maximum atomic E-state index is 4.68. The number of rotatable bonds is 10. The summed E-state index contributed by atoms with van der Waals surface area (Å²) in [4.78, 5) is 10.3. The number of hydrogen-bond donors (Lipinski definition) is 2. The van der Waals surface area contributed by atoms with E-state index in [2.05, 4.69) is 66.6 Å². The van der Waals surface area contributed by atoms with Crippen molar-refractivity contribution < 1.29 is 0 Å². The van der Waals surface area contributed by atoms with Gasteiger partial charge >= 0.3 is 0 Å². The third kappa shape index (κ3) is 8.31. The monoisotopic (exact) mass is 537 g/mol. The van der Waals surface area contributed by atoms with Crippen LogP contribution in [0.4, 0.5) is 0 Å². The largest absolute Gasteiger partial charge is 0.356 e. The zero-order valence-corrected chi connectivity index (χ0v) is 20.2.